The van der Waals surface area contributed by atoms with Gasteiger partial charge >= 0.3 is 5.97 Å². The van der Waals surface area contributed by atoms with E-state index in [4.69, 9.17) is 4.74 Å². The second-order valence-electron chi connectivity index (χ2n) is 6.77. The molecule has 0 aliphatic rings. The topological polar surface area (TPSA) is 72.5 Å². The van der Waals surface area contributed by atoms with Crippen LogP contribution in [0.1, 0.15) is 48.2 Å². The number of amides is 1. The molecule has 0 heterocycles. The van der Waals surface area contributed by atoms with Crippen molar-refractivity contribution in [2.24, 2.45) is 0 Å². The van der Waals surface area contributed by atoms with Crippen molar-refractivity contribution < 1.29 is 19.1 Å². The Balaban J connectivity index is 1.87. The molecule has 0 saturated carbocycles. The van der Waals surface area contributed by atoms with Crippen molar-refractivity contribution >= 4 is 17.7 Å². The third-order valence-corrected chi connectivity index (χ3v) is 4.26. The van der Waals surface area contributed by atoms with E-state index in [1.807, 2.05) is 42.5 Å². The maximum Gasteiger partial charge on any atom is 0.338 e. The van der Waals surface area contributed by atoms with Gasteiger partial charge < -0.3 is 10.1 Å². The summed E-state index contributed by atoms with van der Waals surface area (Å²) in [6.45, 7) is 5.14. The molecule has 0 spiro atoms. The molecule has 2 aromatic rings. The standard InChI is InChI=1S/C22H25NO4/c1-15(2)18-9-11-19(12-10-18)22(26)27-14-21(25)23-20(16(3)24)13-17-7-5-4-6-8-17/h4-12,15,20H,13-14H2,1-3H3,(H,23,25)/t20-/m1/s1. The number of Topliss-reactive ketones (excluding diaryl/α,β-unsaturated/α-hetero) is 1. The minimum atomic E-state index is -0.649. The molecule has 0 aromatic heterocycles. The van der Waals surface area contributed by atoms with Gasteiger partial charge in [-0.15, -0.1) is 0 Å². The molecule has 0 saturated heterocycles. The predicted molar refractivity (Wildman–Crippen MR) is 104 cm³/mol. The lowest BCUT2D eigenvalue weighted by atomic mass is 10.0. The van der Waals surface area contributed by atoms with E-state index in [1.54, 1.807) is 12.1 Å². The second kappa shape index (κ2) is 9.67. The Kier molecular flexibility index (Phi) is 7.29. The van der Waals surface area contributed by atoms with E-state index < -0.39 is 24.5 Å². The van der Waals surface area contributed by atoms with Gasteiger partial charge in [0.2, 0.25) is 0 Å². The van der Waals surface area contributed by atoms with Crippen LogP contribution in [0, 0.1) is 0 Å². The SMILES string of the molecule is CC(=O)[C@@H](Cc1ccccc1)NC(=O)COC(=O)c1ccc(C(C)C)cc1. The number of rotatable bonds is 8. The molecule has 1 atom stereocenters. The number of carbonyl (C=O) groups excluding carboxylic acids is 3. The Labute approximate surface area is 159 Å². The van der Waals surface area contributed by atoms with Crippen LogP contribution in [-0.4, -0.2) is 30.3 Å². The summed E-state index contributed by atoms with van der Waals surface area (Å²) in [5.74, 6) is -0.849. The first kappa shape index (κ1) is 20.4. The third kappa shape index (κ3) is 6.37. The quantitative estimate of drug-likeness (QED) is 0.727. The number of ether oxygens (including phenoxy) is 1. The van der Waals surface area contributed by atoms with E-state index in [0.717, 1.165) is 11.1 Å². The minimum absolute atomic E-state index is 0.150. The van der Waals surface area contributed by atoms with Crippen molar-refractivity contribution in [1.82, 2.24) is 5.32 Å². The lowest BCUT2D eigenvalue weighted by molar-refractivity contribution is -0.128. The van der Waals surface area contributed by atoms with Crippen LogP contribution in [0.5, 0.6) is 0 Å². The molecule has 1 N–H and O–H groups in total. The summed E-state index contributed by atoms with van der Waals surface area (Å²) in [6, 6.07) is 15.9. The fourth-order valence-corrected chi connectivity index (χ4v) is 2.60. The van der Waals surface area contributed by atoms with Crippen LogP contribution in [0.15, 0.2) is 54.6 Å². The number of hydrogen-bond acceptors (Lipinski definition) is 4. The van der Waals surface area contributed by atoms with Gasteiger partial charge in [0.1, 0.15) is 0 Å². The van der Waals surface area contributed by atoms with Crippen LogP contribution in [0.4, 0.5) is 0 Å². The fourth-order valence-electron chi connectivity index (χ4n) is 2.60. The van der Waals surface area contributed by atoms with Gasteiger partial charge in [0.15, 0.2) is 12.4 Å². The molecule has 0 radical (unpaired) electrons. The zero-order valence-corrected chi connectivity index (χ0v) is 15.9. The molecule has 5 heteroatoms. The van der Waals surface area contributed by atoms with E-state index in [9.17, 15) is 14.4 Å². The zero-order valence-electron chi connectivity index (χ0n) is 15.9. The van der Waals surface area contributed by atoms with Crippen LogP contribution in [-0.2, 0) is 20.7 Å². The predicted octanol–water partition coefficient (Wildman–Crippen LogP) is 3.28. The molecule has 0 bridgehead atoms. The van der Waals surface area contributed by atoms with E-state index in [2.05, 4.69) is 19.2 Å². The minimum Gasteiger partial charge on any atom is -0.452 e. The third-order valence-electron chi connectivity index (χ3n) is 4.26. The van der Waals surface area contributed by atoms with Crippen molar-refractivity contribution in [2.45, 2.75) is 39.2 Å². The number of nitrogens with one attached hydrogen (secondary N) is 1. The van der Waals surface area contributed by atoms with Gasteiger partial charge in [-0.1, -0.05) is 56.3 Å². The maximum atomic E-state index is 12.1. The molecule has 2 aromatic carbocycles. The van der Waals surface area contributed by atoms with E-state index >= 15 is 0 Å². The molecule has 27 heavy (non-hydrogen) atoms. The molecule has 5 nitrogen and oxygen atoms in total. The van der Waals surface area contributed by atoms with Crippen LogP contribution in [0.2, 0.25) is 0 Å². The molecule has 0 aliphatic carbocycles. The van der Waals surface area contributed by atoms with Gasteiger partial charge in [-0.25, -0.2) is 4.79 Å². The summed E-state index contributed by atoms with van der Waals surface area (Å²) in [6.07, 6.45) is 0.395. The van der Waals surface area contributed by atoms with Crippen LogP contribution in [0.25, 0.3) is 0 Å². The number of benzene rings is 2. The first-order valence-electron chi connectivity index (χ1n) is 8.97. The molecule has 0 unspecified atom stereocenters. The van der Waals surface area contributed by atoms with Gasteiger partial charge in [-0.3, -0.25) is 9.59 Å². The summed E-state index contributed by atoms with van der Waals surface area (Å²) < 4.78 is 5.06. The Morgan fingerprint density at radius 2 is 1.59 bits per heavy atom. The number of carbonyl (C=O) groups is 3. The highest BCUT2D eigenvalue weighted by Crippen LogP contribution is 2.15. The lowest BCUT2D eigenvalue weighted by Crippen LogP contribution is -2.43. The Bertz CT molecular complexity index is 782. The zero-order chi connectivity index (χ0) is 19.8. The van der Waals surface area contributed by atoms with Crippen molar-refractivity contribution in [1.29, 1.82) is 0 Å². The first-order valence-corrected chi connectivity index (χ1v) is 8.97. The van der Waals surface area contributed by atoms with Gasteiger partial charge in [0, 0.05) is 0 Å². The summed E-state index contributed by atoms with van der Waals surface area (Å²) >= 11 is 0. The molecule has 0 aliphatic heterocycles. The van der Waals surface area contributed by atoms with Crippen molar-refractivity contribution in [3.05, 3.63) is 71.3 Å². The average Bonchev–Trinajstić information content (AvgIpc) is 2.66. The number of ketones is 1. The Morgan fingerprint density at radius 3 is 2.15 bits per heavy atom. The van der Waals surface area contributed by atoms with Crippen molar-refractivity contribution in [2.75, 3.05) is 6.61 Å². The fraction of sp³-hybridized carbons (Fsp3) is 0.318. The molecular formula is C22H25NO4. The van der Waals surface area contributed by atoms with Crippen molar-refractivity contribution in [3.8, 4) is 0 Å². The average molecular weight is 367 g/mol. The maximum absolute atomic E-state index is 12.1. The second-order valence-corrected chi connectivity index (χ2v) is 6.77. The van der Waals surface area contributed by atoms with E-state index in [0.29, 0.717) is 17.9 Å². The largest absolute Gasteiger partial charge is 0.452 e. The molecular weight excluding hydrogens is 342 g/mol. The summed E-state index contributed by atoms with van der Waals surface area (Å²) in [7, 11) is 0. The van der Waals surface area contributed by atoms with Crippen LogP contribution >= 0.6 is 0 Å². The normalized spacial score (nSPS) is 11.7. The summed E-state index contributed by atoms with van der Waals surface area (Å²) in [4.78, 5) is 36.0. The monoisotopic (exact) mass is 367 g/mol. The van der Waals surface area contributed by atoms with Gasteiger partial charge in [-0.05, 0) is 42.5 Å². The van der Waals surface area contributed by atoms with E-state index in [-0.39, 0.29) is 5.78 Å². The number of esters is 1. The Morgan fingerprint density at radius 1 is 0.963 bits per heavy atom. The van der Waals surface area contributed by atoms with Gasteiger partial charge in [0.25, 0.3) is 5.91 Å². The van der Waals surface area contributed by atoms with Crippen molar-refractivity contribution in [3.63, 3.8) is 0 Å². The highest BCUT2D eigenvalue weighted by atomic mass is 16.5. The molecule has 0 fully saturated rings. The summed E-state index contributed by atoms with van der Waals surface area (Å²) in [5.41, 5.74) is 2.45. The molecule has 142 valence electrons. The molecule has 1 amide bonds. The highest BCUT2D eigenvalue weighted by Gasteiger charge is 2.19. The smallest absolute Gasteiger partial charge is 0.338 e. The van der Waals surface area contributed by atoms with Gasteiger partial charge in [-0.2, -0.15) is 0 Å². The highest BCUT2D eigenvalue weighted by molar-refractivity contribution is 5.92. The lowest BCUT2D eigenvalue weighted by Gasteiger charge is -2.16. The van der Waals surface area contributed by atoms with Crippen LogP contribution in [0.3, 0.4) is 0 Å². The Hall–Kier alpha value is -2.95. The first-order chi connectivity index (χ1) is 12.9. The molecule has 2 rings (SSSR count). The van der Waals surface area contributed by atoms with E-state index in [1.165, 1.54) is 6.92 Å². The van der Waals surface area contributed by atoms with Gasteiger partial charge in [0.05, 0.1) is 11.6 Å². The number of hydrogen-bond donors (Lipinski definition) is 1. The summed E-state index contributed by atoms with van der Waals surface area (Å²) in [5, 5.41) is 2.63. The van der Waals surface area contributed by atoms with Crippen LogP contribution < -0.4 is 5.32 Å².